The van der Waals surface area contributed by atoms with E-state index < -0.39 is 0 Å². The maximum absolute atomic E-state index is 11.0. The molecule has 0 N–H and O–H groups in total. The van der Waals surface area contributed by atoms with Gasteiger partial charge in [-0.25, -0.2) is 0 Å². The van der Waals surface area contributed by atoms with Gasteiger partial charge in [0.05, 0.1) is 5.38 Å². The van der Waals surface area contributed by atoms with Crippen LogP contribution in [0.5, 0.6) is 0 Å². The van der Waals surface area contributed by atoms with Crippen molar-refractivity contribution in [3.05, 3.63) is 48.6 Å². The molecule has 0 aromatic heterocycles. The number of alkyl halides is 1. The molecule has 0 radical (unpaired) electrons. The van der Waals surface area contributed by atoms with Crippen LogP contribution in [0, 0.1) is 0 Å². The second-order valence-electron chi connectivity index (χ2n) is 2.75. The van der Waals surface area contributed by atoms with Gasteiger partial charge in [-0.3, -0.25) is 4.79 Å². The molecule has 0 spiro atoms. The molecule has 1 rings (SSSR count). The summed E-state index contributed by atoms with van der Waals surface area (Å²) in [7, 11) is 0. The molecule has 0 amide bonds. The first kappa shape index (κ1) is 13.2. The Hall–Kier alpha value is -0.790. The van der Waals surface area contributed by atoms with Crippen molar-refractivity contribution in [3.8, 4) is 0 Å². The topological polar surface area (TPSA) is 17.1 Å². The summed E-state index contributed by atoms with van der Waals surface area (Å²) < 4.78 is 0. The van der Waals surface area contributed by atoms with Crippen LogP contribution in [-0.4, -0.2) is 5.78 Å². The van der Waals surface area contributed by atoms with Gasteiger partial charge in [0.1, 0.15) is 0 Å². The number of rotatable bonds is 4. The molecule has 1 aromatic rings. The normalized spacial score (nSPS) is 11.2. The predicted octanol–water partition coefficient (Wildman–Crippen LogP) is 3.53. The van der Waals surface area contributed by atoms with Gasteiger partial charge in [-0.2, -0.15) is 0 Å². The summed E-state index contributed by atoms with van der Waals surface area (Å²) in [6, 6.07) is 9.55. The van der Waals surface area contributed by atoms with Crippen LogP contribution in [0.25, 0.3) is 0 Å². The monoisotopic (exact) mass is 230 g/mol. The van der Waals surface area contributed by atoms with Gasteiger partial charge in [-0.1, -0.05) is 36.9 Å². The molecule has 1 nitrogen and oxygen atoms in total. The molecule has 0 saturated carbocycles. The van der Waals surface area contributed by atoms with Crippen molar-refractivity contribution in [1.82, 2.24) is 0 Å². The first-order valence-corrected chi connectivity index (χ1v) is 4.52. The molecule has 0 saturated heterocycles. The van der Waals surface area contributed by atoms with Crippen LogP contribution in [-0.2, 0) is 4.79 Å². The van der Waals surface area contributed by atoms with E-state index >= 15 is 0 Å². The van der Waals surface area contributed by atoms with Crippen molar-refractivity contribution >= 4 is 29.8 Å². The lowest BCUT2D eigenvalue weighted by molar-refractivity contribution is -0.114. The van der Waals surface area contributed by atoms with Crippen molar-refractivity contribution in [2.75, 3.05) is 0 Å². The van der Waals surface area contributed by atoms with Crippen molar-refractivity contribution in [2.24, 2.45) is 0 Å². The summed E-state index contributed by atoms with van der Waals surface area (Å²) >= 11 is 6.01. The van der Waals surface area contributed by atoms with Crippen LogP contribution >= 0.6 is 24.0 Å². The highest BCUT2D eigenvalue weighted by Crippen LogP contribution is 2.23. The van der Waals surface area contributed by atoms with Gasteiger partial charge in [0.2, 0.25) is 0 Å². The Morgan fingerprint density at radius 2 is 2.00 bits per heavy atom. The summed E-state index contributed by atoms with van der Waals surface area (Å²) in [6.07, 6.45) is 1.62. The smallest absolute Gasteiger partial charge is 0.156 e. The number of hydrogen-bond donors (Lipinski definition) is 0. The molecule has 3 heteroatoms. The van der Waals surface area contributed by atoms with E-state index in [4.69, 9.17) is 11.6 Å². The maximum Gasteiger partial charge on any atom is 0.156 e. The Balaban J connectivity index is 0.00000169. The first-order valence-electron chi connectivity index (χ1n) is 4.08. The Morgan fingerprint density at radius 1 is 1.43 bits per heavy atom. The molecule has 0 aliphatic carbocycles. The van der Waals surface area contributed by atoms with Crippen molar-refractivity contribution in [3.63, 3.8) is 0 Å². The zero-order valence-corrected chi connectivity index (χ0v) is 9.22. The average Bonchev–Trinajstić information content (AvgIpc) is 2.19. The zero-order valence-electron chi connectivity index (χ0n) is 7.65. The van der Waals surface area contributed by atoms with Gasteiger partial charge in [0.15, 0.2) is 5.78 Å². The van der Waals surface area contributed by atoms with Crippen molar-refractivity contribution < 1.29 is 4.79 Å². The van der Waals surface area contributed by atoms with E-state index in [0.717, 1.165) is 5.56 Å². The number of benzene rings is 1. The van der Waals surface area contributed by atoms with E-state index in [1.807, 2.05) is 30.3 Å². The first-order chi connectivity index (χ1) is 6.24. The fourth-order valence-electron chi connectivity index (χ4n) is 1.04. The molecule has 0 aliphatic heterocycles. The van der Waals surface area contributed by atoms with Crippen molar-refractivity contribution in [1.29, 1.82) is 0 Å². The molecule has 0 heterocycles. The SMILES string of the molecule is C=CC(=O)CC(Cl)c1ccccc1.Cl. The molecule has 0 fully saturated rings. The van der Waals surface area contributed by atoms with Gasteiger partial charge >= 0.3 is 0 Å². The lowest BCUT2D eigenvalue weighted by Gasteiger charge is -2.06. The van der Waals surface area contributed by atoms with Crippen molar-refractivity contribution in [2.45, 2.75) is 11.8 Å². The second kappa shape index (κ2) is 6.63. The third-order valence-corrected chi connectivity index (χ3v) is 2.18. The summed E-state index contributed by atoms with van der Waals surface area (Å²) in [5.41, 5.74) is 0.972. The van der Waals surface area contributed by atoms with Crippen LogP contribution in [0.2, 0.25) is 0 Å². The quantitative estimate of drug-likeness (QED) is 0.572. The van der Waals surface area contributed by atoms with Gasteiger partial charge in [-0.05, 0) is 11.6 Å². The summed E-state index contributed by atoms with van der Waals surface area (Å²) in [4.78, 5) is 11.0. The minimum atomic E-state index is -0.244. The minimum absolute atomic E-state index is 0. The van der Waals surface area contributed by atoms with Crippen LogP contribution in [0.4, 0.5) is 0 Å². The lowest BCUT2D eigenvalue weighted by atomic mass is 10.1. The molecule has 14 heavy (non-hydrogen) atoms. The largest absolute Gasteiger partial charge is 0.295 e. The fourth-order valence-corrected chi connectivity index (χ4v) is 1.34. The molecule has 1 atom stereocenters. The van der Waals surface area contributed by atoms with Crippen LogP contribution in [0.3, 0.4) is 0 Å². The number of carbonyl (C=O) groups is 1. The third-order valence-electron chi connectivity index (χ3n) is 1.77. The molecule has 76 valence electrons. The molecular formula is C11H12Cl2O. The van der Waals surface area contributed by atoms with E-state index in [1.165, 1.54) is 6.08 Å². The second-order valence-corrected chi connectivity index (χ2v) is 3.28. The van der Waals surface area contributed by atoms with E-state index in [1.54, 1.807) is 0 Å². The molecular weight excluding hydrogens is 219 g/mol. The molecule has 1 unspecified atom stereocenters. The van der Waals surface area contributed by atoms with E-state index in [2.05, 4.69) is 6.58 Å². The van der Waals surface area contributed by atoms with Gasteiger partial charge in [-0.15, -0.1) is 24.0 Å². The number of allylic oxidation sites excluding steroid dienone is 1. The summed E-state index contributed by atoms with van der Waals surface area (Å²) in [5, 5.41) is -0.244. The summed E-state index contributed by atoms with van der Waals surface area (Å²) in [5.74, 6) is -0.0242. The van der Waals surface area contributed by atoms with Gasteiger partial charge < -0.3 is 0 Å². The maximum atomic E-state index is 11.0. The highest BCUT2D eigenvalue weighted by Gasteiger charge is 2.09. The van der Waals surface area contributed by atoms with E-state index in [9.17, 15) is 4.79 Å². The van der Waals surface area contributed by atoms with E-state index in [-0.39, 0.29) is 23.6 Å². The van der Waals surface area contributed by atoms with Crippen LogP contribution in [0.1, 0.15) is 17.4 Å². The predicted molar refractivity (Wildman–Crippen MR) is 62.1 cm³/mol. The number of carbonyl (C=O) groups excluding carboxylic acids is 1. The molecule has 1 aromatic carbocycles. The Bertz CT molecular complexity index is 295. The third kappa shape index (κ3) is 3.95. The Labute approximate surface area is 95.2 Å². The number of halogens is 2. The fraction of sp³-hybridized carbons (Fsp3) is 0.182. The van der Waals surface area contributed by atoms with Gasteiger partial charge in [0.25, 0.3) is 0 Å². The van der Waals surface area contributed by atoms with Crippen LogP contribution < -0.4 is 0 Å². The highest BCUT2D eigenvalue weighted by molar-refractivity contribution is 6.22. The van der Waals surface area contributed by atoms with Crippen LogP contribution in [0.15, 0.2) is 43.0 Å². The van der Waals surface area contributed by atoms with E-state index in [0.29, 0.717) is 6.42 Å². The molecule has 0 bridgehead atoms. The highest BCUT2D eigenvalue weighted by atomic mass is 35.5. The molecule has 0 aliphatic rings. The number of ketones is 1. The van der Waals surface area contributed by atoms with Gasteiger partial charge in [0, 0.05) is 6.42 Å². The standard InChI is InChI=1S/C11H11ClO.ClH/c1-2-10(13)8-11(12)9-6-4-3-5-7-9;/h2-7,11H,1,8H2;1H. The zero-order chi connectivity index (χ0) is 9.68. The lowest BCUT2D eigenvalue weighted by Crippen LogP contribution is -1.98. The average molecular weight is 231 g/mol. The Kier molecular flexibility index (Phi) is 6.26. The minimum Gasteiger partial charge on any atom is -0.295 e. The number of hydrogen-bond acceptors (Lipinski definition) is 1. The Morgan fingerprint density at radius 3 is 2.50 bits per heavy atom. The summed E-state index contributed by atoms with van der Waals surface area (Å²) in [6.45, 7) is 3.40.